The number of aromatic nitrogens is 2. The number of carboxylic acid groups (broad SMARTS) is 1. The predicted molar refractivity (Wildman–Crippen MR) is 66.7 cm³/mol. The Balaban J connectivity index is 1.97. The zero-order valence-electron chi connectivity index (χ0n) is 10.5. The Bertz CT molecular complexity index is 682. The van der Waals surface area contributed by atoms with E-state index < -0.39 is 17.6 Å². The van der Waals surface area contributed by atoms with Gasteiger partial charge >= 0.3 is 5.97 Å². The molecule has 2 N–H and O–H groups in total. The van der Waals surface area contributed by atoms with E-state index in [-0.39, 0.29) is 11.6 Å². The fraction of sp³-hybridized carbons (Fsp3) is 0.286. The molecule has 0 bridgehead atoms. The SMILES string of the molecule is O=C(O)c1n[nH]c2c1CC(c1cccc(F)c1F)CC2. The summed E-state index contributed by atoms with van der Waals surface area (Å²) in [5, 5.41) is 15.5. The third kappa shape index (κ3) is 1.97. The summed E-state index contributed by atoms with van der Waals surface area (Å²) in [6.45, 7) is 0. The lowest BCUT2D eigenvalue weighted by Crippen LogP contribution is -2.16. The minimum atomic E-state index is -1.11. The number of nitrogens with one attached hydrogen (secondary N) is 1. The molecule has 3 rings (SSSR count). The van der Waals surface area contributed by atoms with E-state index >= 15 is 0 Å². The van der Waals surface area contributed by atoms with Crippen molar-refractivity contribution in [2.24, 2.45) is 0 Å². The van der Waals surface area contributed by atoms with Crippen molar-refractivity contribution in [2.75, 3.05) is 0 Å². The first kappa shape index (κ1) is 12.8. The Morgan fingerprint density at radius 3 is 2.95 bits per heavy atom. The topological polar surface area (TPSA) is 66.0 Å². The van der Waals surface area contributed by atoms with Crippen LogP contribution in [0.3, 0.4) is 0 Å². The van der Waals surface area contributed by atoms with Gasteiger partial charge in [-0.05, 0) is 36.8 Å². The van der Waals surface area contributed by atoms with Gasteiger partial charge in [-0.25, -0.2) is 13.6 Å². The molecule has 0 radical (unpaired) electrons. The summed E-state index contributed by atoms with van der Waals surface area (Å²) < 4.78 is 27.1. The van der Waals surface area contributed by atoms with Crippen LogP contribution in [0.2, 0.25) is 0 Å². The van der Waals surface area contributed by atoms with Gasteiger partial charge in [-0.15, -0.1) is 0 Å². The number of carbonyl (C=O) groups is 1. The van der Waals surface area contributed by atoms with Gasteiger partial charge in [0.05, 0.1) is 0 Å². The summed E-state index contributed by atoms with van der Waals surface area (Å²) in [5.41, 5.74) is 1.64. The number of aromatic carboxylic acids is 1. The van der Waals surface area contributed by atoms with Crippen LogP contribution in [0.25, 0.3) is 0 Å². The molecule has 0 saturated heterocycles. The number of aromatic amines is 1. The monoisotopic (exact) mass is 278 g/mol. The maximum atomic E-state index is 13.8. The normalized spacial score (nSPS) is 17.8. The zero-order valence-corrected chi connectivity index (χ0v) is 10.5. The van der Waals surface area contributed by atoms with Crippen LogP contribution >= 0.6 is 0 Å². The fourth-order valence-corrected chi connectivity index (χ4v) is 2.77. The van der Waals surface area contributed by atoms with Gasteiger partial charge in [0.15, 0.2) is 17.3 Å². The summed E-state index contributed by atoms with van der Waals surface area (Å²) in [6.07, 6.45) is 1.57. The standard InChI is InChI=1S/C14H12F2N2O2/c15-10-3-1-2-8(12(10)16)7-4-5-11-9(6-7)13(14(19)20)18-17-11/h1-3,7H,4-6H2,(H,17,18)(H,19,20). The first-order valence-corrected chi connectivity index (χ1v) is 6.31. The van der Waals surface area contributed by atoms with Crippen LogP contribution in [-0.4, -0.2) is 21.3 Å². The van der Waals surface area contributed by atoms with E-state index in [1.54, 1.807) is 6.07 Å². The molecular formula is C14H12F2N2O2. The van der Waals surface area contributed by atoms with Crippen molar-refractivity contribution in [3.05, 3.63) is 52.3 Å². The number of H-pyrrole nitrogens is 1. The molecule has 1 aromatic heterocycles. The number of halogens is 2. The van der Waals surface area contributed by atoms with Gasteiger partial charge in [-0.1, -0.05) is 12.1 Å². The minimum absolute atomic E-state index is 0.0264. The summed E-state index contributed by atoms with van der Waals surface area (Å²) in [5.74, 6) is -3.06. The highest BCUT2D eigenvalue weighted by molar-refractivity contribution is 5.87. The molecule has 0 spiro atoms. The van der Waals surface area contributed by atoms with Gasteiger partial charge in [-0.2, -0.15) is 5.10 Å². The van der Waals surface area contributed by atoms with Gasteiger partial charge < -0.3 is 5.11 Å². The van der Waals surface area contributed by atoms with Crippen LogP contribution in [0.15, 0.2) is 18.2 Å². The second-order valence-electron chi connectivity index (χ2n) is 4.92. The third-order valence-corrected chi connectivity index (χ3v) is 3.77. The largest absolute Gasteiger partial charge is 0.476 e. The van der Waals surface area contributed by atoms with Gasteiger partial charge in [0.25, 0.3) is 0 Å². The molecule has 1 aliphatic rings. The Morgan fingerprint density at radius 1 is 1.40 bits per heavy atom. The van der Waals surface area contributed by atoms with Gasteiger partial charge in [0.2, 0.25) is 0 Å². The number of carboxylic acids is 1. The summed E-state index contributed by atoms with van der Waals surface area (Å²) in [4.78, 5) is 11.1. The molecule has 4 nitrogen and oxygen atoms in total. The lowest BCUT2D eigenvalue weighted by atomic mass is 9.82. The van der Waals surface area contributed by atoms with Crippen molar-refractivity contribution in [2.45, 2.75) is 25.2 Å². The third-order valence-electron chi connectivity index (χ3n) is 3.77. The van der Waals surface area contributed by atoms with Crippen molar-refractivity contribution >= 4 is 5.97 Å². The number of hydrogen-bond acceptors (Lipinski definition) is 2. The molecule has 1 unspecified atom stereocenters. The van der Waals surface area contributed by atoms with Crippen LogP contribution in [0.1, 0.15) is 39.6 Å². The summed E-state index contributed by atoms with van der Waals surface area (Å²) in [6, 6.07) is 4.10. The molecule has 6 heteroatoms. The van der Waals surface area contributed by atoms with E-state index in [9.17, 15) is 13.6 Å². The van der Waals surface area contributed by atoms with E-state index in [0.29, 0.717) is 30.4 Å². The number of rotatable bonds is 2. The number of aryl methyl sites for hydroxylation is 1. The zero-order chi connectivity index (χ0) is 14.3. The Hall–Kier alpha value is -2.24. The molecule has 2 aromatic rings. The lowest BCUT2D eigenvalue weighted by molar-refractivity contribution is 0.0689. The van der Waals surface area contributed by atoms with Gasteiger partial charge in [0, 0.05) is 11.3 Å². The van der Waals surface area contributed by atoms with Crippen LogP contribution in [0, 0.1) is 11.6 Å². The van der Waals surface area contributed by atoms with Crippen molar-refractivity contribution in [1.82, 2.24) is 10.2 Å². The highest BCUT2D eigenvalue weighted by Crippen LogP contribution is 2.34. The Kier molecular flexibility index (Phi) is 3.00. The maximum Gasteiger partial charge on any atom is 0.356 e. The van der Waals surface area contributed by atoms with Gasteiger partial charge in [-0.3, -0.25) is 5.10 Å². The second kappa shape index (κ2) is 4.70. The van der Waals surface area contributed by atoms with E-state index in [0.717, 1.165) is 11.8 Å². The molecule has 104 valence electrons. The van der Waals surface area contributed by atoms with Crippen LogP contribution in [0.5, 0.6) is 0 Å². The lowest BCUT2D eigenvalue weighted by Gasteiger charge is -2.23. The van der Waals surface area contributed by atoms with Crippen molar-refractivity contribution in [1.29, 1.82) is 0 Å². The summed E-state index contributed by atoms with van der Waals surface area (Å²) >= 11 is 0. The van der Waals surface area contributed by atoms with E-state index in [1.165, 1.54) is 6.07 Å². The first-order chi connectivity index (χ1) is 9.58. The molecule has 20 heavy (non-hydrogen) atoms. The van der Waals surface area contributed by atoms with E-state index in [1.807, 2.05) is 0 Å². The van der Waals surface area contributed by atoms with Crippen molar-refractivity contribution in [3.8, 4) is 0 Å². The molecule has 1 atom stereocenters. The fourth-order valence-electron chi connectivity index (χ4n) is 2.77. The van der Waals surface area contributed by atoms with E-state index in [4.69, 9.17) is 5.11 Å². The predicted octanol–water partition coefficient (Wildman–Crippen LogP) is 2.66. The second-order valence-corrected chi connectivity index (χ2v) is 4.92. The number of hydrogen-bond donors (Lipinski definition) is 2. The highest BCUT2D eigenvalue weighted by atomic mass is 19.2. The minimum Gasteiger partial charge on any atom is -0.476 e. The van der Waals surface area contributed by atoms with Crippen molar-refractivity contribution < 1.29 is 18.7 Å². The van der Waals surface area contributed by atoms with Crippen LogP contribution in [0.4, 0.5) is 8.78 Å². The van der Waals surface area contributed by atoms with Crippen LogP contribution < -0.4 is 0 Å². The molecule has 1 aliphatic carbocycles. The highest BCUT2D eigenvalue weighted by Gasteiger charge is 2.29. The molecule has 0 fully saturated rings. The Labute approximate surface area is 113 Å². The Morgan fingerprint density at radius 2 is 2.20 bits per heavy atom. The van der Waals surface area contributed by atoms with E-state index in [2.05, 4.69) is 10.2 Å². The maximum absolute atomic E-state index is 13.8. The summed E-state index contributed by atoms with van der Waals surface area (Å²) in [7, 11) is 0. The quantitative estimate of drug-likeness (QED) is 0.887. The van der Waals surface area contributed by atoms with Crippen molar-refractivity contribution in [3.63, 3.8) is 0 Å². The molecule has 1 heterocycles. The number of fused-ring (bicyclic) bond motifs is 1. The molecule has 0 aliphatic heterocycles. The first-order valence-electron chi connectivity index (χ1n) is 6.31. The number of nitrogens with zero attached hydrogens (tertiary/aromatic N) is 1. The molecular weight excluding hydrogens is 266 g/mol. The number of benzene rings is 1. The molecule has 1 aromatic carbocycles. The van der Waals surface area contributed by atoms with Gasteiger partial charge in [0.1, 0.15) is 0 Å². The molecule has 0 saturated carbocycles. The molecule has 0 amide bonds. The van der Waals surface area contributed by atoms with Crippen LogP contribution in [-0.2, 0) is 12.8 Å². The average Bonchev–Trinajstić information content (AvgIpc) is 2.85. The average molecular weight is 278 g/mol. The smallest absolute Gasteiger partial charge is 0.356 e.